The number of amides is 1. The molecule has 0 radical (unpaired) electrons. The van der Waals surface area contributed by atoms with Crippen molar-refractivity contribution in [3.63, 3.8) is 0 Å². The number of nitrogens with two attached hydrogens (primary N) is 1. The van der Waals surface area contributed by atoms with Gasteiger partial charge < -0.3 is 21.1 Å². The monoisotopic (exact) mass is 276 g/mol. The number of anilines is 1. The Morgan fingerprint density at radius 2 is 2.00 bits per heavy atom. The molecule has 0 heterocycles. The Labute approximate surface area is 107 Å². The van der Waals surface area contributed by atoms with Crippen molar-refractivity contribution in [3.8, 4) is 0 Å². The van der Waals surface area contributed by atoms with Gasteiger partial charge in [-0.3, -0.25) is 4.79 Å². The Balaban J connectivity index is 3.12. The summed E-state index contributed by atoms with van der Waals surface area (Å²) in [6.45, 7) is 0.0296. The minimum absolute atomic E-state index is 0.0296. The van der Waals surface area contributed by atoms with Crippen LogP contribution in [0.2, 0.25) is 0 Å². The molecular weight excluding hydrogens is 264 g/mol. The summed E-state index contributed by atoms with van der Waals surface area (Å²) in [6.07, 6.45) is -4.68. The first-order valence-corrected chi connectivity index (χ1v) is 5.33. The zero-order valence-electron chi connectivity index (χ0n) is 9.74. The van der Waals surface area contributed by atoms with E-state index in [-0.39, 0.29) is 24.1 Å². The van der Waals surface area contributed by atoms with Crippen LogP contribution in [-0.4, -0.2) is 29.6 Å². The number of carbonyl (C=O) groups excluding carboxylic acids is 1. The van der Waals surface area contributed by atoms with Crippen molar-refractivity contribution < 1.29 is 28.0 Å². The predicted molar refractivity (Wildman–Crippen MR) is 63.6 cm³/mol. The second-order valence-corrected chi connectivity index (χ2v) is 3.76. The van der Waals surface area contributed by atoms with Gasteiger partial charge in [0.1, 0.15) is 0 Å². The number of halogens is 3. The SMILES string of the molecule is NCCC(=O)Nc1cc(C(F)(F)F)ccc1B(O)O. The third-order valence-electron chi connectivity index (χ3n) is 2.30. The molecule has 0 unspecified atom stereocenters. The van der Waals surface area contributed by atoms with E-state index in [0.717, 1.165) is 6.07 Å². The van der Waals surface area contributed by atoms with Gasteiger partial charge in [-0.05, 0) is 6.07 Å². The number of carbonyl (C=O) groups is 1. The fourth-order valence-corrected chi connectivity index (χ4v) is 1.41. The number of nitrogens with one attached hydrogen (secondary N) is 1. The molecule has 1 rings (SSSR count). The quantitative estimate of drug-likeness (QED) is 0.566. The summed E-state index contributed by atoms with van der Waals surface area (Å²) in [4.78, 5) is 11.3. The molecule has 104 valence electrons. The summed E-state index contributed by atoms with van der Waals surface area (Å²) in [7, 11) is -1.99. The van der Waals surface area contributed by atoms with Gasteiger partial charge in [0.25, 0.3) is 0 Å². The molecular formula is C10H12BF3N2O3. The van der Waals surface area contributed by atoms with Crippen LogP contribution in [0.25, 0.3) is 0 Å². The molecule has 0 saturated heterocycles. The summed E-state index contributed by atoms with van der Waals surface area (Å²) >= 11 is 0. The zero-order chi connectivity index (χ0) is 14.6. The first-order chi connectivity index (χ1) is 8.75. The summed E-state index contributed by atoms with van der Waals surface area (Å²) < 4.78 is 37.6. The van der Waals surface area contributed by atoms with E-state index in [2.05, 4.69) is 5.32 Å². The van der Waals surface area contributed by atoms with Crippen LogP contribution >= 0.6 is 0 Å². The average Bonchev–Trinajstić information content (AvgIpc) is 2.27. The summed E-state index contributed by atoms with van der Waals surface area (Å²) in [5, 5.41) is 20.2. The first-order valence-electron chi connectivity index (χ1n) is 5.33. The number of alkyl halides is 3. The summed E-state index contributed by atoms with van der Waals surface area (Å²) in [5.74, 6) is -0.608. The Kier molecular flexibility index (Phi) is 4.93. The zero-order valence-corrected chi connectivity index (χ0v) is 9.74. The van der Waals surface area contributed by atoms with Gasteiger partial charge in [0.15, 0.2) is 0 Å². The Bertz CT molecular complexity index is 466. The molecule has 0 aliphatic carbocycles. The number of hydrogen-bond donors (Lipinski definition) is 4. The highest BCUT2D eigenvalue weighted by Crippen LogP contribution is 2.30. The molecule has 0 spiro atoms. The highest BCUT2D eigenvalue weighted by atomic mass is 19.4. The molecule has 0 aliphatic heterocycles. The lowest BCUT2D eigenvalue weighted by Crippen LogP contribution is -2.34. The Morgan fingerprint density at radius 3 is 2.47 bits per heavy atom. The topological polar surface area (TPSA) is 95.6 Å². The van der Waals surface area contributed by atoms with E-state index in [4.69, 9.17) is 15.8 Å². The summed E-state index contributed by atoms with van der Waals surface area (Å²) in [6, 6.07) is 2.24. The van der Waals surface area contributed by atoms with Gasteiger partial charge in [-0.25, -0.2) is 0 Å². The van der Waals surface area contributed by atoms with Crippen LogP contribution in [-0.2, 0) is 11.0 Å². The lowest BCUT2D eigenvalue weighted by atomic mass is 9.78. The molecule has 5 nitrogen and oxygen atoms in total. The largest absolute Gasteiger partial charge is 0.490 e. The van der Waals surface area contributed by atoms with Gasteiger partial charge >= 0.3 is 13.3 Å². The molecule has 1 aromatic carbocycles. The highest BCUT2D eigenvalue weighted by molar-refractivity contribution is 6.60. The van der Waals surface area contributed by atoms with Crippen LogP contribution in [0.4, 0.5) is 18.9 Å². The maximum absolute atomic E-state index is 12.5. The van der Waals surface area contributed by atoms with E-state index in [1.807, 2.05) is 0 Å². The maximum Gasteiger partial charge on any atom is 0.490 e. The van der Waals surface area contributed by atoms with E-state index in [1.54, 1.807) is 0 Å². The minimum Gasteiger partial charge on any atom is -0.423 e. The molecule has 1 amide bonds. The van der Waals surface area contributed by atoms with Crippen LogP contribution < -0.4 is 16.5 Å². The van der Waals surface area contributed by atoms with Crippen LogP contribution in [0.15, 0.2) is 18.2 Å². The molecule has 9 heteroatoms. The van der Waals surface area contributed by atoms with E-state index >= 15 is 0 Å². The fourth-order valence-electron chi connectivity index (χ4n) is 1.41. The molecule has 5 N–H and O–H groups in total. The molecule has 0 aliphatic rings. The standard InChI is InChI=1S/C10H12BF3N2O3/c12-10(13,14)6-1-2-7(11(18)19)8(5-6)16-9(17)3-4-15/h1-2,5,18-19H,3-4,15H2,(H,16,17). The highest BCUT2D eigenvalue weighted by Gasteiger charge is 2.32. The van der Waals surface area contributed by atoms with Crippen LogP contribution in [0.5, 0.6) is 0 Å². The second kappa shape index (κ2) is 6.05. The van der Waals surface area contributed by atoms with E-state index in [1.165, 1.54) is 0 Å². The van der Waals surface area contributed by atoms with Gasteiger partial charge in [0, 0.05) is 24.1 Å². The summed E-state index contributed by atoms with van der Waals surface area (Å²) in [5.41, 5.74) is 3.61. The molecule has 0 fully saturated rings. The Morgan fingerprint density at radius 1 is 1.37 bits per heavy atom. The molecule has 19 heavy (non-hydrogen) atoms. The van der Waals surface area contributed by atoms with Crippen LogP contribution in [0, 0.1) is 0 Å². The second-order valence-electron chi connectivity index (χ2n) is 3.76. The van der Waals surface area contributed by atoms with Crippen LogP contribution in [0.1, 0.15) is 12.0 Å². The van der Waals surface area contributed by atoms with Gasteiger partial charge in [-0.1, -0.05) is 12.1 Å². The van der Waals surface area contributed by atoms with Crippen molar-refractivity contribution in [2.24, 2.45) is 5.73 Å². The number of benzene rings is 1. The van der Waals surface area contributed by atoms with E-state index < -0.39 is 24.8 Å². The van der Waals surface area contributed by atoms with Gasteiger partial charge in [0.05, 0.1) is 5.56 Å². The lowest BCUT2D eigenvalue weighted by Gasteiger charge is -2.14. The normalized spacial score (nSPS) is 11.3. The molecule has 0 aromatic heterocycles. The van der Waals surface area contributed by atoms with Gasteiger partial charge in [-0.2, -0.15) is 13.2 Å². The van der Waals surface area contributed by atoms with Crippen molar-refractivity contribution in [3.05, 3.63) is 23.8 Å². The lowest BCUT2D eigenvalue weighted by molar-refractivity contribution is -0.137. The molecule has 0 bridgehead atoms. The first kappa shape index (κ1) is 15.5. The third kappa shape index (κ3) is 4.23. The van der Waals surface area contributed by atoms with Crippen LogP contribution in [0.3, 0.4) is 0 Å². The van der Waals surface area contributed by atoms with Crippen molar-refractivity contribution in [1.82, 2.24) is 0 Å². The van der Waals surface area contributed by atoms with Gasteiger partial charge in [-0.15, -0.1) is 0 Å². The minimum atomic E-state index is -4.59. The molecule has 0 saturated carbocycles. The molecule has 0 atom stereocenters. The van der Waals surface area contributed by atoms with Gasteiger partial charge in [0.2, 0.25) is 5.91 Å². The smallest absolute Gasteiger partial charge is 0.423 e. The average molecular weight is 276 g/mol. The van der Waals surface area contributed by atoms with E-state index in [0.29, 0.717) is 12.1 Å². The number of hydrogen-bond acceptors (Lipinski definition) is 4. The van der Waals surface area contributed by atoms with Crippen molar-refractivity contribution in [1.29, 1.82) is 0 Å². The molecule has 1 aromatic rings. The fraction of sp³-hybridized carbons (Fsp3) is 0.300. The number of rotatable bonds is 4. The third-order valence-corrected chi connectivity index (χ3v) is 2.30. The van der Waals surface area contributed by atoms with Crippen molar-refractivity contribution in [2.45, 2.75) is 12.6 Å². The Hall–Kier alpha value is -1.58. The maximum atomic E-state index is 12.5. The van der Waals surface area contributed by atoms with E-state index in [9.17, 15) is 18.0 Å². The van der Waals surface area contributed by atoms with Crippen molar-refractivity contribution >= 4 is 24.2 Å². The predicted octanol–water partition coefficient (Wildman–Crippen LogP) is -0.328. The van der Waals surface area contributed by atoms with Crippen molar-refractivity contribution in [2.75, 3.05) is 11.9 Å².